The van der Waals surface area contributed by atoms with Crippen LogP contribution in [0.5, 0.6) is 0 Å². The van der Waals surface area contributed by atoms with Crippen LogP contribution < -0.4 is 66.1 Å². The molecule has 8 aromatic rings. The van der Waals surface area contributed by atoms with Crippen molar-refractivity contribution in [3.63, 3.8) is 0 Å². The Morgan fingerprint density at radius 1 is 0.600 bits per heavy atom. The Morgan fingerprint density at radius 2 is 1.04 bits per heavy atom. The van der Waals surface area contributed by atoms with E-state index in [0.717, 1.165) is 116 Å². The molecule has 4 fully saturated rings. The van der Waals surface area contributed by atoms with Crippen LogP contribution in [0.15, 0.2) is 73.6 Å². The minimum Gasteiger partial charge on any atom is -0.850 e. The molecule has 17 nitrogen and oxygen atoms in total. The Bertz CT molecular complexity index is 3150. The number of hydrogen-bond acceptors (Lipinski definition) is 15. The molecule has 4 unspecified atom stereocenters. The van der Waals surface area contributed by atoms with Crippen molar-refractivity contribution in [3.05, 3.63) is 90.6 Å². The van der Waals surface area contributed by atoms with Crippen molar-refractivity contribution < 1.29 is 43.4 Å². The molecule has 12 rings (SSSR count). The molecule has 2 saturated heterocycles. The number of anilines is 5. The first-order chi connectivity index (χ1) is 35.5. The van der Waals surface area contributed by atoms with Gasteiger partial charge in [0.25, 0.3) is 0 Å². The Hall–Kier alpha value is -5.41. The van der Waals surface area contributed by atoms with Gasteiger partial charge in [0, 0.05) is 109 Å². The van der Waals surface area contributed by atoms with Gasteiger partial charge in [-0.2, -0.15) is 18.7 Å². The van der Waals surface area contributed by atoms with Crippen molar-refractivity contribution >= 4 is 84.6 Å². The number of hydrogen-bond donors (Lipinski definition) is 4. The Kier molecular flexibility index (Phi) is 18.1. The van der Waals surface area contributed by atoms with E-state index in [0.29, 0.717) is 57.8 Å². The molecule has 392 valence electrons. The molecule has 0 bridgehead atoms. The molecule has 0 amide bonds. The number of fused-ring (bicyclic) bond motifs is 6. The van der Waals surface area contributed by atoms with E-state index >= 15 is 0 Å². The summed E-state index contributed by atoms with van der Waals surface area (Å²) in [5, 5.41) is 24.2. The number of piperazine rings is 2. The van der Waals surface area contributed by atoms with E-state index in [-0.39, 0.29) is 47.6 Å². The maximum absolute atomic E-state index is 14.8. The summed E-state index contributed by atoms with van der Waals surface area (Å²) in [5.74, 6) is 0.438. The molecule has 4 atom stereocenters. The predicted molar refractivity (Wildman–Crippen MR) is 290 cm³/mol. The average Bonchev–Trinajstić information content (AvgIpc) is 4.21. The van der Waals surface area contributed by atoms with Gasteiger partial charge in [-0.05, 0) is 89.8 Å². The topological polar surface area (TPSA) is 205 Å². The van der Waals surface area contributed by atoms with Gasteiger partial charge in [0.05, 0.1) is 23.8 Å². The molecule has 0 aromatic carbocycles. The van der Waals surface area contributed by atoms with Gasteiger partial charge >= 0.3 is 29.6 Å². The standard InChI is InChI=1S/C25H29FN8.C14H14FN5.C11H16ClN3.C4H9O.Na/c1-15-13-33(14-16(2)30-15)18-7-8-21(28-11-18)31-25-29-12-20-19-9-10-27-23(26)22(19)34(24(20)32-25)17-5-3-4-6-17;15-12-11-9(5-6-17-12)10-7-18-14(16)19-13(10)20(11)8-3-1-2-4-8;1-8-6-15(7-9(2)14-8)10-3-4-11(12)13-5-10;1-4(2,3)5;/h7-12,15-17,30H,3-6,13-14H2,1-2H3,(H,28,29,31,32);5-8H,1-4H2,(H2,16,18,19);3-5,8-9,14H,6-7H2,1-2H3;1-3H3;/q;;;-1;+1. The molecule has 21 heteroatoms. The Balaban J connectivity index is 0.000000154. The summed E-state index contributed by atoms with van der Waals surface area (Å²) in [7, 11) is 0. The molecule has 5 N–H and O–H groups in total. The summed E-state index contributed by atoms with van der Waals surface area (Å²) in [4.78, 5) is 38.8. The van der Waals surface area contributed by atoms with Crippen LogP contribution in [0.1, 0.15) is 112 Å². The fourth-order valence-corrected chi connectivity index (χ4v) is 11.1. The van der Waals surface area contributed by atoms with Crippen LogP contribution in [0.3, 0.4) is 0 Å². The summed E-state index contributed by atoms with van der Waals surface area (Å²) in [6, 6.07) is 14.0. The van der Waals surface area contributed by atoms with Crippen molar-refractivity contribution in [2.75, 3.05) is 47.0 Å². The third kappa shape index (κ3) is 13.4. The first-order valence-electron chi connectivity index (χ1n) is 25.9. The van der Waals surface area contributed by atoms with Crippen LogP contribution in [0.2, 0.25) is 5.15 Å². The minimum atomic E-state index is -0.750. The largest absolute Gasteiger partial charge is 1.00 e. The smallest absolute Gasteiger partial charge is 0.850 e. The number of pyridine rings is 4. The predicted octanol–water partition coefficient (Wildman–Crippen LogP) is 6.45. The van der Waals surface area contributed by atoms with Crippen LogP contribution in [-0.2, 0) is 0 Å². The van der Waals surface area contributed by atoms with Gasteiger partial charge in [0.1, 0.15) is 33.3 Å². The zero-order valence-corrected chi connectivity index (χ0v) is 47.1. The number of nitrogens with one attached hydrogen (secondary N) is 3. The summed E-state index contributed by atoms with van der Waals surface area (Å²) in [5.41, 5.74) is 9.72. The molecule has 2 aliphatic carbocycles. The zero-order valence-electron chi connectivity index (χ0n) is 44.4. The molecular formula is C54H68ClF2N16NaO. The Labute approximate surface area is 464 Å². The first kappa shape index (κ1) is 55.8. The van der Waals surface area contributed by atoms with E-state index in [9.17, 15) is 13.9 Å². The van der Waals surface area contributed by atoms with Crippen LogP contribution >= 0.6 is 11.6 Å². The summed E-state index contributed by atoms with van der Waals surface area (Å²) in [6.45, 7) is 17.6. The molecule has 2 saturated carbocycles. The quantitative estimate of drug-likeness (QED) is 0.104. The van der Waals surface area contributed by atoms with Gasteiger partial charge in [0.15, 0.2) is 0 Å². The van der Waals surface area contributed by atoms with Crippen molar-refractivity contribution in [2.24, 2.45) is 0 Å². The van der Waals surface area contributed by atoms with Crippen molar-refractivity contribution in [1.29, 1.82) is 0 Å². The van der Waals surface area contributed by atoms with Gasteiger partial charge in [-0.1, -0.05) is 58.1 Å². The van der Waals surface area contributed by atoms with Crippen LogP contribution in [0.4, 0.5) is 37.9 Å². The van der Waals surface area contributed by atoms with Crippen molar-refractivity contribution in [3.8, 4) is 0 Å². The fraction of sp³-hybridized carbons (Fsp3) is 0.481. The van der Waals surface area contributed by atoms with Crippen LogP contribution in [-0.4, -0.2) is 105 Å². The van der Waals surface area contributed by atoms with E-state index in [2.05, 4.69) is 94.4 Å². The van der Waals surface area contributed by atoms with Gasteiger partial charge < -0.3 is 45.7 Å². The maximum Gasteiger partial charge on any atom is 1.00 e. The minimum absolute atomic E-state index is 0. The van der Waals surface area contributed by atoms with Crippen molar-refractivity contribution in [1.82, 2.24) is 59.6 Å². The second-order valence-corrected chi connectivity index (χ2v) is 21.6. The summed E-state index contributed by atoms with van der Waals surface area (Å²) < 4.78 is 33.0. The zero-order chi connectivity index (χ0) is 52.3. The van der Waals surface area contributed by atoms with Gasteiger partial charge in [-0.25, -0.2) is 29.9 Å². The van der Waals surface area contributed by atoms with E-state index in [1.165, 1.54) is 12.4 Å². The van der Waals surface area contributed by atoms with Gasteiger partial charge in [-0.3, -0.25) is 0 Å². The SMILES string of the molecule is CC(C)(C)[O-].CC1CN(c2ccc(Cl)nc2)CC(C)N1.CC1CN(c2ccc(Nc3ncc4c5ccnc(F)c5n(C5CCCC5)c4n3)nc2)CC(C)N1.Nc1ncc2c3ccnc(F)c3n(C3CCCC3)c2n1.[Na+]. The Morgan fingerprint density at radius 3 is 1.48 bits per heavy atom. The molecule has 2 aliphatic heterocycles. The summed E-state index contributed by atoms with van der Waals surface area (Å²) in [6.07, 6.45) is 18.9. The molecular weight excluding hydrogens is 985 g/mol. The molecule has 75 heavy (non-hydrogen) atoms. The summed E-state index contributed by atoms with van der Waals surface area (Å²) >= 11 is 5.77. The normalized spacial score (nSPS) is 20.3. The van der Waals surface area contributed by atoms with E-state index in [1.54, 1.807) is 33.2 Å². The monoisotopic (exact) mass is 1050 g/mol. The number of nitrogens with two attached hydrogens (primary N) is 1. The molecule has 0 spiro atoms. The third-order valence-corrected chi connectivity index (χ3v) is 14.0. The number of rotatable bonds is 6. The van der Waals surface area contributed by atoms with Gasteiger partial charge in [0.2, 0.25) is 23.8 Å². The van der Waals surface area contributed by atoms with E-state index in [1.807, 2.05) is 51.9 Å². The molecule has 8 aromatic heterocycles. The molecule has 0 radical (unpaired) electrons. The fourth-order valence-electron chi connectivity index (χ4n) is 11.0. The number of nitrogen functional groups attached to an aromatic ring is 1. The van der Waals surface area contributed by atoms with E-state index in [4.69, 9.17) is 22.3 Å². The number of aromatic nitrogens is 10. The second kappa shape index (κ2) is 24.3. The van der Waals surface area contributed by atoms with Crippen LogP contribution in [0, 0.1) is 11.9 Å². The number of halogens is 3. The number of nitrogens with zero attached hydrogens (tertiary/aromatic N) is 12. The second-order valence-electron chi connectivity index (χ2n) is 21.2. The third-order valence-electron chi connectivity index (χ3n) is 13.8. The average molecular weight is 1050 g/mol. The van der Waals surface area contributed by atoms with E-state index < -0.39 is 17.5 Å². The van der Waals surface area contributed by atoms with Crippen LogP contribution in [0.25, 0.3) is 43.9 Å². The first-order valence-corrected chi connectivity index (χ1v) is 26.3. The molecule has 10 heterocycles. The van der Waals surface area contributed by atoms with Gasteiger partial charge in [-0.15, -0.1) is 5.60 Å². The molecule has 4 aliphatic rings. The maximum atomic E-state index is 14.8. The van der Waals surface area contributed by atoms with Crippen molar-refractivity contribution in [2.45, 2.75) is 142 Å².